The average Bonchev–Trinajstić information content (AvgIpc) is 2.44. The van der Waals surface area contributed by atoms with Gasteiger partial charge < -0.3 is 10.5 Å². The van der Waals surface area contributed by atoms with Crippen LogP contribution < -0.4 is 5.73 Å². The van der Waals surface area contributed by atoms with Crippen LogP contribution in [0.15, 0.2) is 23.4 Å². The zero-order chi connectivity index (χ0) is 15.5. The predicted molar refractivity (Wildman–Crippen MR) is 79.0 cm³/mol. The normalized spacial score (nSPS) is 18.8. The number of nitrogens with zero attached hydrogens (tertiary/aromatic N) is 2. The molecule has 7 heteroatoms. The molecule has 1 saturated heterocycles. The van der Waals surface area contributed by atoms with Gasteiger partial charge in [-0.2, -0.15) is 4.31 Å². The molecule has 0 radical (unpaired) electrons. The van der Waals surface area contributed by atoms with Crippen molar-refractivity contribution < 1.29 is 13.2 Å². The molecule has 0 unspecified atom stereocenters. The first kappa shape index (κ1) is 15.9. The van der Waals surface area contributed by atoms with Crippen LogP contribution in [0.1, 0.15) is 19.4 Å². The first-order chi connectivity index (χ1) is 9.85. The van der Waals surface area contributed by atoms with E-state index in [0.29, 0.717) is 25.3 Å². The molecule has 6 nitrogen and oxygen atoms in total. The summed E-state index contributed by atoms with van der Waals surface area (Å²) in [7, 11) is -3.59. The van der Waals surface area contributed by atoms with E-state index >= 15 is 0 Å². The van der Waals surface area contributed by atoms with Crippen LogP contribution in [0.2, 0.25) is 0 Å². The van der Waals surface area contributed by atoms with Crippen LogP contribution in [0.25, 0.3) is 0 Å². The Morgan fingerprint density at radius 1 is 1.48 bits per heavy atom. The smallest absolute Gasteiger partial charge is 0.244 e. The highest BCUT2D eigenvalue weighted by molar-refractivity contribution is 7.89. The molecule has 0 spiro atoms. The number of morpholine rings is 1. The number of nitrogens with two attached hydrogens (primary N) is 1. The van der Waals surface area contributed by atoms with Gasteiger partial charge in [0.25, 0.3) is 0 Å². The molecule has 0 saturated carbocycles. The lowest BCUT2D eigenvalue weighted by Gasteiger charge is -2.37. The van der Waals surface area contributed by atoms with Crippen molar-refractivity contribution in [2.24, 2.45) is 5.73 Å². The van der Waals surface area contributed by atoms with Gasteiger partial charge in [-0.25, -0.2) is 8.42 Å². The Balaban J connectivity index is 2.31. The van der Waals surface area contributed by atoms with E-state index in [1.165, 1.54) is 22.8 Å². The minimum atomic E-state index is -3.59. The van der Waals surface area contributed by atoms with Crippen molar-refractivity contribution in [3.05, 3.63) is 24.0 Å². The van der Waals surface area contributed by atoms with E-state index < -0.39 is 15.6 Å². The summed E-state index contributed by atoms with van der Waals surface area (Å²) in [5.41, 5.74) is 5.36. The Labute approximate surface area is 125 Å². The summed E-state index contributed by atoms with van der Waals surface area (Å²) >= 11 is 0. The monoisotopic (exact) mass is 309 g/mol. The van der Waals surface area contributed by atoms with Crippen molar-refractivity contribution >= 4 is 10.0 Å². The Morgan fingerprint density at radius 3 is 2.90 bits per heavy atom. The van der Waals surface area contributed by atoms with Gasteiger partial charge in [-0.05, 0) is 19.9 Å². The van der Waals surface area contributed by atoms with Gasteiger partial charge in [0.2, 0.25) is 10.0 Å². The number of sulfonamides is 1. The second-order valence-electron chi connectivity index (χ2n) is 5.36. The maximum absolute atomic E-state index is 12.7. The fourth-order valence-corrected chi connectivity index (χ4v) is 3.67. The Hall–Kier alpha value is -1.46. The zero-order valence-corrected chi connectivity index (χ0v) is 13.0. The largest absolute Gasteiger partial charge is 0.373 e. The Morgan fingerprint density at radius 2 is 2.24 bits per heavy atom. The molecule has 1 aromatic rings. The SMILES string of the molecule is CC1(C)CN(S(=O)(=O)c2cncc(C#CCN)c2)CCO1. The van der Waals surface area contributed by atoms with Crippen molar-refractivity contribution in [2.45, 2.75) is 24.3 Å². The molecule has 21 heavy (non-hydrogen) atoms. The molecule has 1 fully saturated rings. The molecule has 114 valence electrons. The lowest BCUT2D eigenvalue weighted by molar-refractivity contribution is -0.0640. The van der Waals surface area contributed by atoms with Gasteiger partial charge >= 0.3 is 0 Å². The summed E-state index contributed by atoms with van der Waals surface area (Å²) in [6, 6.07) is 1.52. The molecule has 0 aromatic carbocycles. The van der Waals surface area contributed by atoms with Crippen molar-refractivity contribution in [3.8, 4) is 11.8 Å². The second-order valence-corrected chi connectivity index (χ2v) is 7.30. The van der Waals surface area contributed by atoms with Crippen LogP contribution in [-0.2, 0) is 14.8 Å². The maximum Gasteiger partial charge on any atom is 0.244 e. The number of aromatic nitrogens is 1. The van der Waals surface area contributed by atoms with E-state index in [9.17, 15) is 8.42 Å². The van der Waals surface area contributed by atoms with Gasteiger partial charge in [0.15, 0.2) is 0 Å². The highest BCUT2D eigenvalue weighted by atomic mass is 32.2. The van der Waals surface area contributed by atoms with E-state index in [2.05, 4.69) is 16.8 Å². The van der Waals surface area contributed by atoms with Gasteiger partial charge in [0.1, 0.15) is 4.90 Å². The van der Waals surface area contributed by atoms with Crippen LogP contribution in [-0.4, -0.2) is 49.5 Å². The van der Waals surface area contributed by atoms with Gasteiger partial charge in [0.05, 0.1) is 18.8 Å². The minimum Gasteiger partial charge on any atom is -0.373 e. The Bertz CT molecular complexity index is 674. The van der Waals surface area contributed by atoms with Crippen molar-refractivity contribution in [1.29, 1.82) is 0 Å². The summed E-state index contributed by atoms with van der Waals surface area (Å²) in [6.07, 6.45) is 2.86. The highest BCUT2D eigenvalue weighted by Gasteiger charge is 2.35. The molecule has 0 aliphatic carbocycles. The average molecular weight is 309 g/mol. The van der Waals surface area contributed by atoms with Crippen LogP contribution in [0.3, 0.4) is 0 Å². The molecule has 1 aromatic heterocycles. The van der Waals surface area contributed by atoms with Crippen molar-refractivity contribution in [1.82, 2.24) is 9.29 Å². The molecule has 0 atom stereocenters. The highest BCUT2D eigenvalue weighted by Crippen LogP contribution is 2.23. The maximum atomic E-state index is 12.7. The predicted octanol–water partition coefficient (Wildman–Crippen LogP) is 0.191. The molecule has 2 rings (SSSR count). The lowest BCUT2D eigenvalue weighted by atomic mass is 10.1. The molecule has 1 aliphatic rings. The van der Waals surface area contributed by atoms with E-state index in [-0.39, 0.29) is 11.4 Å². The fourth-order valence-electron chi connectivity index (χ4n) is 2.11. The third kappa shape index (κ3) is 3.80. The second kappa shape index (κ2) is 6.12. The van der Waals surface area contributed by atoms with Gasteiger partial charge in [-0.15, -0.1) is 0 Å². The molecular formula is C14H19N3O3S. The minimum absolute atomic E-state index is 0.143. The fraction of sp³-hybridized carbons (Fsp3) is 0.500. The Kier molecular flexibility index (Phi) is 4.64. The van der Waals surface area contributed by atoms with E-state index in [1.54, 1.807) is 0 Å². The quantitative estimate of drug-likeness (QED) is 0.788. The zero-order valence-electron chi connectivity index (χ0n) is 12.2. The van der Waals surface area contributed by atoms with Crippen molar-refractivity contribution in [3.63, 3.8) is 0 Å². The number of hydrogen-bond donors (Lipinski definition) is 1. The van der Waals surface area contributed by atoms with Crippen LogP contribution in [0.5, 0.6) is 0 Å². The van der Waals surface area contributed by atoms with Gasteiger partial charge in [0, 0.05) is 31.0 Å². The number of hydrogen-bond acceptors (Lipinski definition) is 5. The first-order valence-corrected chi connectivity index (χ1v) is 8.07. The first-order valence-electron chi connectivity index (χ1n) is 6.63. The summed E-state index contributed by atoms with van der Waals surface area (Å²) < 4.78 is 32.3. The third-order valence-electron chi connectivity index (χ3n) is 3.08. The summed E-state index contributed by atoms with van der Waals surface area (Å²) in [5, 5.41) is 0. The van der Waals surface area contributed by atoms with E-state index in [1.807, 2.05) is 13.8 Å². The number of ether oxygens (including phenoxy) is 1. The topological polar surface area (TPSA) is 85.5 Å². The van der Waals surface area contributed by atoms with Crippen LogP contribution in [0, 0.1) is 11.8 Å². The van der Waals surface area contributed by atoms with Gasteiger partial charge in [-0.3, -0.25) is 4.98 Å². The summed E-state index contributed by atoms with van der Waals surface area (Å²) in [6.45, 7) is 4.99. The molecule has 2 heterocycles. The summed E-state index contributed by atoms with van der Waals surface area (Å²) in [5.74, 6) is 5.48. The number of pyridine rings is 1. The number of rotatable bonds is 2. The molecule has 1 aliphatic heterocycles. The van der Waals surface area contributed by atoms with Crippen LogP contribution >= 0.6 is 0 Å². The van der Waals surface area contributed by atoms with Crippen LogP contribution in [0.4, 0.5) is 0 Å². The lowest BCUT2D eigenvalue weighted by Crippen LogP contribution is -2.50. The molecule has 2 N–H and O–H groups in total. The standard InChI is InChI=1S/C14H19N3O3S/c1-14(2)11-17(6-7-20-14)21(18,19)13-8-12(4-3-5-15)9-16-10-13/h8-10H,5-7,11,15H2,1-2H3. The van der Waals surface area contributed by atoms with Gasteiger partial charge in [-0.1, -0.05) is 11.8 Å². The van der Waals surface area contributed by atoms with Crippen molar-refractivity contribution in [2.75, 3.05) is 26.2 Å². The summed E-state index contributed by atoms with van der Waals surface area (Å²) in [4.78, 5) is 4.10. The third-order valence-corrected chi connectivity index (χ3v) is 4.89. The van der Waals surface area contributed by atoms with E-state index in [4.69, 9.17) is 10.5 Å². The van der Waals surface area contributed by atoms with E-state index in [0.717, 1.165) is 0 Å². The molecule has 0 bridgehead atoms. The molecule has 0 amide bonds. The molecular weight excluding hydrogens is 290 g/mol.